The van der Waals surface area contributed by atoms with Crippen molar-refractivity contribution in [1.82, 2.24) is 9.80 Å². The summed E-state index contributed by atoms with van der Waals surface area (Å²) in [7, 11) is 0. The molecule has 0 bridgehead atoms. The second-order valence-corrected chi connectivity index (χ2v) is 7.75. The normalized spacial score (nSPS) is 15.3. The minimum atomic E-state index is 0.0140. The molecule has 1 amide bonds. The fraction of sp³-hybridized carbons (Fsp3) is 0.333. The predicted octanol–water partition coefficient (Wildman–Crippen LogP) is 3.39. The molecule has 0 atom stereocenters. The zero-order valence-corrected chi connectivity index (χ0v) is 17.0. The molecule has 0 aliphatic carbocycles. The molecule has 2 aromatic rings. The van der Waals surface area contributed by atoms with Crippen molar-refractivity contribution in [1.29, 1.82) is 5.26 Å². The molecule has 0 spiro atoms. The summed E-state index contributed by atoms with van der Waals surface area (Å²) in [6.07, 6.45) is 0. The number of nitriles is 1. The van der Waals surface area contributed by atoms with Crippen molar-refractivity contribution in [2.75, 3.05) is 38.0 Å². The summed E-state index contributed by atoms with van der Waals surface area (Å²) in [6.45, 7) is 6.92. The van der Waals surface area contributed by atoms with Gasteiger partial charge in [0.15, 0.2) is 0 Å². The van der Waals surface area contributed by atoms with Crippen LogP contribution in [0.15, 0.2) is 46.9 Å². The maximum atomic E-state index is 12.3. The third kappa shape index (κ3) is 5.64. The standard InChI is InChI=1S/C21H23BrN4O/c1-16-2-7-20(19(22)12-16)24-21(27)15-26-10-8-25(9-11-26)14-18-5-3-17(13-23)4-6-18/h2-7,12H,8-11,14-15H2,1H3,(H,24,27). The Morgan fingerprint density at radius 1 is 1.11 bits per heavy atom. The Labute approximate surface area is 168 Å². The highest BCUT2D eigenvalue weighted by Crippen LogP contribution is 2.23. The predicted molar refractivity (Wildman–Crippen MR) is 110 cm³/mol. The van der Waals surface area contributed by atoms with E-state index in [4.69, 9.17) is 5.26 Å². The van der Waals surface area contributed by atoms with Gasteiger partial charge >= 0.3 is 0 Å². The third-order valence-electron chi connectivity index (χ3n) is 4.72. The Hall–Kier alpha value is -2.20. The topological polar surface area (TPSA) is 59.4 Å². The molecule has 0 radical (unpaired) electrons. The fourth-order valence-corrected chi connectivity index (χ4v) is 3.76. The summed E-state index contributed by atoms with van der Waals surface area (Å²) in [6, 6.07) is 15.8. The van der Waals surface area contributed by atoms with Crippen molar-refractivity contribution < 1.29 is 4.79 Å². The lowest BCUT2D eigenvalue weighted by molar-refractivity contribution is -0.117. The van der Waals surface area contributed by atoms with Crippen LogP contribution < -0.4 is 5.32 Å². The van der Waals surface area contributed by atoms with Crippen LogP contribution in [-0.2, 0) is 11.3 Å². The molecule has 2 aromatic carbocycles. The SMILES string of the molecule is Cc1ccc(NC(=O)CN2CCN(Cc3ccc(C#N)cc3)CC2)c(Br)c1. The number of nitrogens with zero attached hydrogens (tertiary/aromatic N) is 3. The van der Waals surface area contributed by atoms with Crippen molar-refractivity contribution in [3.8, 4) is 6.07 Å². The number of piperazine rings is 1. The van der Waals surface area contributed by atoms with Gasteiger partial charge in [-0.2, -0.15) is 5.26 Å². The molecule has 27 heavy (non-hydrogen) atoms. The Kier molecular flexibility index (Phi) is 6.62. The van der Waals surface area contributed by atoms with E-state index in [-0.39, 0.29) is 5.91 Å². The molecule has 1 saturated heterocycles. The molecule has 1 aliphatic rings. The van der Waals surface area contributed by atoms with Crippen LogP contribution in [-0.4, -0.2) is 48.4 Å². The zero-order chi connectivity index (χ0) is 19.2. The Morgan fingerprint density at radius 2 is 1.78 bits per heavy atom. The minimum absolute atomic E-state index is 0.0140. The molecule has 5 nitrogen and oxygen atoms in total. The lowest BCUT2D eigenvalue weighted by atomic mass is 10.1. The summed E-state index contributed by atoms with van der Waals surface area (Å²) in [5, 5.41) is 11.8. The molecule has 1 aliphatic heterocycles. The van der Waals surface area contributed by atoms with Gasteiger partial charge in [0, 0.05) is 37.2 Å². The van der Waals surface area contributed by atoms with Gasteiger partial charge in [-0.15, -0.1) is 0 Å². The average Bonchev–Trinajstić information content (AvgIpc) is 2.66. The number of amides is 1. The van der Waals surface area contributed by atoms with Gasteiger partial charge in [-0.1, -0.05) is 18.2 Å². The van der Waals surface area contributed by atoms with Crippen molar-refractivity contribution in [2.24, 2.45) is 0 Å². The lowest BCUT2D eigenvalue weighted by Crippen LogP contribution is -2.48. The average molecular weight is 427 g/mol. The number of carbonyl (C=O) groups excluding carboxylic acids is 1. The number of rotatable bonds is 5. The van der Waals surface area contributed by atoms with E-state index in [1.165, 1.54) is 5.56 Å². The molecule has 1 fully saturated rings. The number of hydrogen-bond donors (Lipinski definition) is 1. The molecule has 0 unspecified atom stereocenters. The maximum absolute atomic E-state index is 12.3. The number of carbonyl (C=O) groups is 1. The molecule has 3 rings (SSSR count). The second-order valence-electron chi connectivity index (χ2n) is 6.89. The fourth-order valence-electron chi connectivity index (χ4n) is 3.16. The van der Waals surface area contributed by atoms with Gasteiger partial charge < -0.3 is 5.32 Å². The number of anilines is 1. The van der Waals surface area contributed by atoms with Gasteiger partial charge in [0.2, 0.25) is 5.91 Å². The van der Waals surface area contributed by atoms with Gasteiger partial charge in [0.25, 0.3) is 0 Å². The number of halogens is 1. The van der Waals surface area contributed by atoms with E-state index in [1.807, 2.05) is 49.4 Å². The first kappa shape index (κ1) is 19.6. The van der Waals surface area contributed by atoms with Crippen molar-refractivity contribution in [3.05, 3.63) is 63.6 Å². The van der Waals surface area contributed by atoms with Crippen LogP contribution in [0.1, 0.15) is 16.7 Å². The van der Waals surface area contributed by atoms with E-state index >= 15 is 0 Å². The van der Waals surface area contributed by atoms with E-state index < -0.39 is 0 Å². The number of hydrogen-bond acceptors (Lipinski definition) is 4. The van der Waals surface area contributed by atoms with Crippen LogP contribution in [0.3, 0.4) is 0 Å². The van der Waals surface area contributed by atoms with Crippen molar-refractivity contribution >= 4 is 27.5 Å². The number of aryl methyl sites for hydroxylation is 1. The smallest absolute Gasteiger partial charge is 0.238 e. The second kappa shape index (κ2) is 9.14. The molecular formula is C21H23BrN4O. The molecular weight excluding hydrogens is 404 g/mol. The highest BCUT2D eigenvalue weighted by atomic mass is 79.9. The van der Waals surface area contributed by atoms with Gasteiger partial charge in [0.05, 0.1) is 23.9 Å². The quantitative estimate of drug-likeness (QED) is 0.795. The number of nitrogens with one attached hydrogen (secondary N) is 1. The largest absolute Gasteiger partial charge is 0.324 e. The Bertz CT molecular complexity index is 836. The van der Waals surface area contributed by atoms with Gasteiger partial charge in [-0.3, -0.25) is 14.6 Å². The van der Waals surface area contributed by atoms with Gasteiger partial charge in [-0.25, -0.2) is 0 Å². The minimum Gasteiger partial charge on any atom is -0.324 e. The molecule has 1 heterocycles. The first-order valence-electron chi connectivity index (χ1n) is 9.03. The van der Waals surface area contributed by atoms with Gasteiger partial charge in [-0.05, 0) is 58.2 Å². The highest BCUT2D eigenvalue weighted by molar-refractivity contribution is 9.10. The van der Waals surface area contributed by atoms with Crippen LogP contribution in [0.2, 0.25) is 0 Å². The summed E-state index contributed by atoms with van der Waals surface area (Å²) in [4.78, 5) is 16.9. The number of benzene rings is 2. The summed E-state index contributed by atoms with van der Waals surface area (Å²) in [5.74, 6) is 0.0140. The van der Waals surface area contributed by atoms with E-state index in [0.29, 0.717) is 12.1 Å². The lowest BCUT2D eigenvalue weighted by Gasteiger charge is -2.34. The monoisotopic (exact) mass is 426 g/mol. The summed E-state index contributed by atoms with van der Waals surface area (Å²) >= 11 is 3.50. The Morgan fingerprint density at radius 3 is 2.41 bits per heavy atom. The molecule has 140 valence electrons. The van der Waals surface area contributed by atoms with Crippen molar-refractivity contribution in [3.63, 3.8) is 0 Å². The van der Waals surface area contributed by atoms with E-state index in [0.717, 1.165) is 48.4 Å². The van der Waals surface area contributed by atoms with E-state index in [9.17, 15) is 4.79 Å². The van der Waals surface area contributed by atoms with Crippen LogP contribution in [0.4, 0.5) is 5.69 Å². The van der Waals surface area contributed by atoms with Crippen LogP contribution >= 0.6 is 15.9 Å². The first-order valence-corrected chi connectivity index (χ1v) is 9.82. The van der Waals surface area contributed by atoms with Gasteiger partial charge in [0.1, 0.15) is 0 Å². The zero-order valence-electron chi connectivity index (χ0n) is 15.4. The summed E-state index contributed by atoms with van der Waals surface area (Å²) in [5.41, 5.74) is 3.86. The highest BCUT2D eigenvalue weighted by Gasteiger charge is 2.19. The molecule has 0 aromatic heterocycles. The molecule has 0 saturated carbocycles. The Balaban J connectivity index is 1.44. The maximum Gasteiger partial charge on any atom is 0.238 e. The van der Waals surface area contributed by atoms with Crippen LogP contribution in [0.5, 0.6) is 0 Å². The van der Waals surface area contributed by atoms with Crippen LogP contribution in [0, 0.1) is 18.3 Å². The van der Waals surface area contributed by atoms with Crippen molar-refractivity contribution in [2.45, 2.75) is 13.5 Å². The molecule has 6 heteroatoms. The van der Waals surface area contributed by atoms with E-state index in [1.54, 1.807) is 0 Å². The van der Waals surface area contributed by atoms with Crippen LogP contribution in [0.25, 0.3) is 0 Å². The summed E-state index contributed by atoms with van der Waals surface area (Å²) < 4.78 is 0.906. The van der Waals surface area contributed by atoms with E-state index in [2.05, 4.69) is 37.1 Å². The third-order valence-corrected chi connectivity index (χ3v) is 5.38. The molecule has 1 N–H and O–H groups in total. The first-order chi connectivity index (χ1) is 13.0.